The molecular weight excluding hydrogens is 294 g/mol. The number of benzene rings is 1. The maximum absolute atomic E-state index is 5.78. The molecule has 3 nitrogen and oxygen atoms in total. The number of halogens is 1. The van der Waals surface area contributed by atoms with Crippen LogP contribution >= 0.6 is 15.9 Å². The van der Waals surface area contributed by atoms with E-state index in [-0.39, 0.29) is 0 Å². The Kier molecular flexibility index (Phi) is 5.03. The molecule has 2 unspecified atom stereocenters. The third kappa shape index (κ3) is 3.97. The zero-order valence-electron chi connectivity index (χ0n) is 10.9. The van der Waals surface area contributed by atoms with Gasteiger partial charge >= 0.3 is 0 Å². The summed E-state index contributed by atoms with van der Waals surface area (Å²) in [5.41, 5.74) is 0. The zero-order chi connectivity index (χ0) is 13.0. The first kappa shape index (κ1) is 13.8. The molecule has 0 spiro atoms. The van der Waals surface area contributed by atoms with Gasteiger partial charge in [-0.15, -0.1) is 0 Å². The van der Waals surface area contributed by atoms with Gasteiger partial charge in [-0.1, -0.05) is 12.1 Å². The van der Waals surface area contributed by atoms with E-state index in [0.29, 0.717) is 18.8 Å². The van der Waals surface area contributed by atoms with Crippen molar-refractivity contribution in [3.63, 3.8) is 0 Å². The summed E-state index contributed by atoms with van der Waals surface area (Å²) in [5, 5.41) is 0. The number of nitrogens with zero attached hydrogens (tertiary/aromatic N) is 1. The monoisotopic (exact) mass is 313 g/mol. The van der Waals surface area contributed by atoms with E-state index >= 15 is 0 Å². The molecule has 1 saturated heterocycles. The van der Waals surface area contributed by atoms with Crippen LogP contribution in [0.15, 0.2) is 28.7 Å². The highest BCUT2D eigenvalue weighted by atomic mass is 79.9. The molecule has 0 N–H and O–H groups in total. The molecule has 1 aromatic carbocycles. The van der Waals surface area contributed by atoms with Gasteiger partial charge in [0.15, 0.2) is 0 Å². The van der Waals surface area contributed by atoms with Crippen molar-refractivity contribution in [1.82, 2.24) is 4.90 Å². The molecule has 0 aliphatic carbocycles. The van der Waals surface area contributed by atoms with E-state index in [1.54, 1.807) is 0 Å². The zero-order valence-corrected chi connectivity index (χ0v) is 12.5. The minimum atomic E-state index is 0.317. The summed E-state index contributed by atoms with van der Waals surface area (Å²) in [4.78, 5) is 2.40. The first-order chi connectivity index (χ1) is 8.65. The molecule has 100 valence electrons. The highest BCUT2D eigenvalue weighted by Crippen LogP contribution is 2.23. The molecule has 2 rings (SSSR count). The lowest BCUT2D eigenvalue weighted by atomic mass is 10.2. The van der Waals surface area contributed by atoms with Gasteiger partial charge in [-0.3, -0.25) is 4.90 Å². The van der Waals surface area contributed by atoms with Crippen LogP contribution in [0, 0.1) is 0 Å². The summed E-state index contributed by atoms with van der Waals surface area (Å²) in [6, 6.07) is 7.95. The Balaban J connectivity index is 1.77. The molecule has 0 aromatic heterocycles. The number of rotatable bonds is 4. The second-order valence-corrected chi connectivity index (χ2v) is 5.65. The lowest BCUT2D eigenvalue weighted by Gasteiger charge is -2.35. The summed E-state index contributed by atoms with van der Waals surface area (Å²) in [7, 11) is 0. The van der Waals surface area contributed by atoms with E-state index < -0.39 is 0 Å². The van der Waals surface area contributed by atoms with Crippen molar-refractivity contribution in [3.8, 4) is 5.75 Å². The van der Waals surface area contributed by atoms with Crippen molar-refractivity contribution in [2.45, 2.75) is 26.1 Å². The van der Waals surface area contributed by atoms with Crippen LogP contribution in [0.25, 0.3) is 0 Å². The Morgan fingerprint density at radius 1 is 1.28 bits per heavy atom. The van der Waals surface area contributed by atoms with Gasteiger partial charge in [0.2, 0.25) is 0 Å². The smallest absolute Gasteiger partial charge is 0.133 e. The maximum Gasteiger partial charge on any atom is 0.133 e. The minimum absolute atomic E-state index is 0.317. The van der Waals surface area contributed by atoms with Crippen LogP contribution in [0.4, 0.5) is 0 Å². The fraction of sp³-hybridized carbons (Fsp3) is 0.571. The Labute approximate surface area is 117 Å². The first-order valence-corrected chi connectivity index (χ1v) is 7.19. The Hall–Kier alpha value is -0.580. The molecule has 1 aromatic rings. The van der Waals surface area contributed by atoms with E-state index in [1.165, 1.54) is 0 Å². The second-order valence-electron chi connectivity index (χ2n) is 4.80. The maximum atomic E-state index is 5.78. The Bertz CT molecular complexity index is 376. The number of ether oxygens (including phenoxy) is 2. The van der Waals surface area contributed by atoms with Gasteiger partial charge in [-0.25, -0.2) is 0 Å². The fourth-order valence-electron chi connectivity index (χ4n) is 2.31. The van der Waals surface area contributed by atoms with Crippen molar-refractivity contribution >= 4 is 15.9 Å². The van der Waals surface area contributed by atoms with Crippen LogP contribution in [-0.2, 0) is 4.74 Å². The number of para-hydroxylation sites is 1. The van der Waals surface area contributed by atoms with Gasteiger partial charge in [0, 0.05) is 19.6 Å². The molecule has 1 heterocycles. The van der Waals surface area contributed by atoms with Gasteiger partial charge in [-0.2, -0.15) is 0 Å². The van der Waals surface area contributed by atoms with Gasteiger partial charge in [-0.05, 0) is 41.9 Å². The van der Waals surface area contributed by atoms with Gasteiger partial charge < -0.3 is 9.47 Å². The highest BCUT2D eigenvalue weighted by molar-refractivity contribution is 9.10. The normalized spacial score (nSPS) is 25.1. The quantitative estimate of drug-likeness (QED) is 0.853. The average molecular weight is 314 g/mol. The van der Waals surface area contributed by atoms with Crippen molar-refractivity contribution in [1.29, 1.82) is 0 Å². The second kappa shape index (κ2) is 6.55. The molecule has 1 fully saturated rings. The highest BCUT2D eigenvalue weighted by Gasteiger charge is 2.21. The van der Waals surface area contributed by atoms with Crippen LogP contribution in [0.5, 0.6) is 5.75 Å². The van der Waals surface area contributed by atoms with Crippen molar-refractivity contribution < 1.29 is 9.47 Å². The average Bonchev–Trinajstić information content (AvgIpc) is 2.30. The molecule has 0 amide bonds. The van der Waals surface area contributed by atoms with Crippen LogP contribution in [0.1, 0.15) is 13.8 Å². The molecule has 0 radical (unpaired) electrons. The minimum Gasteiger partial charge on any atom is -0.491 e. The molecule has 4 heteroatoms. The van der Waals surface area contributed by atoms with Crippen LogP contribution in [0.3, 0.4) is 0 Å². The van der Waals surface area contributed by atoms with Crippen molar-refractivity contribution in [2.75, 3.05) is 26.2 Å². The summed E-state index contributed by atoms with van der Waals surface area (Å²) in [6.45, 7) is 7.88. The first-order valence-electron chi connectivity index (χ1n) is 6.40. The molecule has 2 atom stereocenters. The topological polar surface area (TPSA) is 21.7 Å². The predicted octanol–water partition coefficient (Wildman–Crippen LogP) is 2.94. The largest absolute Gasteiger partial charge is 0.491 e. The fourth-order valence-corrected chi connectivity index (χ4v) is 2.71. The summed E-state index contributed by atoms with van der Waals surface area (Å²) >= 11 is 3.48. The third-order valence-corrected chi connectivity index (χ3v) is 3.65. The molecule has 0 bridgehead atoms. The number of hydrogen-bond acceptors (Lipinski definition) is 3. The summed E-state index contributed by atoms with van der Waals surface area (Å²) < 4.78 is 12.5. The third-order valence-electron chi connectivity index (χ3n) is 3.00. The molecular formula is C14H20BrNO2. The van der Waals surface area contributed by atoms with Crippen molar-refractivity contribution in [2.24, 2.45) is 0 Å². The molecule has 0 saturated carbocycles. The van der Waals surface area contributed by atoms with Crippen LogP contribution < -0.4 is 4.74 Å². The SMILES string of the molecule is CC1CN(CCOc2ccccc2Br)CC(C)O1. The summed E-state index contributed by atoms with van der Waals surface area (Å²) in [6.07, 6.45) is 0.634. The van der Waals surface area contributed by atoms with E-state index in [0.717, 1.165) is 29.9 Å². The Morgan fingerprint density at radius 3 is 2.61 bits per heavy atom. The molecule has 1 aliphatic heterocycles. The Morgan fingerprint density at radius 2 is 1.94 bits per heavy atom. The van der Waals surface area contributed by atoms with E-state index in [4.69, 9.17) is 9.47 Å². The number of hydrogen-bond donors (Lipinski definition) is 0. The van der Waals surface area contributed by atoms with Crippen LogP contribution in [-0.4, -0.2) is 43.3 Å². The molecule has 1 aliphatic rings. The van der Waals surface area contributed by atoms with E-state index in [2.05, 4.69) is 34.7 Å². The lowest BCUT2D eigenvalue weighted by Crippen LogP contribution is -2.46. The lowest BCUT2D eigenvalue weighted by molar-refractivity contribution is -0.0699. The van der Waals surface area contributed by atoms with E-state index in [1.807, 2.05) is 24.3 Å². The number of morpholine rings is 1. The summed E-state index contributed by atoms with van der Waals surface area (Å²) in [5.74, 6) is 0.909. The van der Waals surface area contributed by atoms with Gasteiger partial charge in [0.05, 0.1) is 16.7 Å². The van der Waals surface area contributed by atoms with E-state index in [9.17, 15) is 0 Å². The standard InChI is InChI=1S/C14H20BrNO2/c1-11-9-16(10-12(2)18-11)7-8-17-14-6-4-3-5-13(14)15/h3-6,11-12H,7-10H2,1-2H3. The predicted molar refractivity (Wildman–Crippen MR) is 76.1 cm³/mol. The van der Waals surface area contributed by atoms with Gasteiger partial charge in [0.25, 0.3) is 0 Å². The van der Waals surface area contributed by atoms with Crippen molar-refractivity contribution in [3.05, 3.63) is 28.7 Å². The molecule has 18 heavy (non-hydrogen) atoms. The van der Waals surface area contributed by atoms with Gasteiger partial charge in [0.1, 0.15) is 12.4 Å². The van der Waals surface area contributed by atoms with Crippen LogP contribution in [0.2, 0.25) is 0 Å².